The lowest BCUT2D eigenvalue weighted by Crippen LogP contribution is -2.33. The molecule has 2 bridgehead atoms. The summed E-state index contributed by atoms with van der Waals surface area (Å²) in [6, 6.07) is 10.1. The molecule has 2 aliphatic carbocycles. The highest BCUT2D eigenvalue weighted by molar-refractivity contribution is 5.90. The first-order valence-electron chi connectivity index (χ1n) is 8.19. The highest BCUT2D eigenvalue weighted by atomic mass is 16.5. The maximum atomic E-state index is 12.3. The van der Waals surface area contributed by atoms with Gasteiger partial charge in [-0.3, -0.25) is 0 Å². The highest BCUT2D eigenvalue weighted by Gasteiger charge is 2.63. The van der Waals surface area contributed by atoms with Crippen LogP contribution in [0.1, 0.15) is 61.3 Å². The summed E-state index contributed by atoms with van der Waals surface area (Å²) in [4.78, 5) is 12.3. The van der Waals surface area contributed by atoms with Crippen LogP contribution >= 0.6 is 0 Å². The first kappa shape index (κ1) is 14.5. The second-order valence-corrected chi connectivity index (χ2v) is 7.49. The van der Waals surface area contributed by atoms with Crippen molar-refractivity contribution in [2.45, 2.75) is 44.9 Å². The van der Waals surface area contributed by atoms with Gasteiger partial charge in [0.15, 0.2) is 5.69 Å². The molecule has 1 saturated carbocycles. The Bertz CT molecular complexity index is 791. The first-order chi connectivity index (χ1) is 10.9. The van der Waals surface area contributed by atoms with Gasteiger partial charge in [-0.05, 0) is 36.3 Å². The van der Waals surface area contributed by atoms with Crippen molar-refractivity contribution in [3.63, 3.8) is 0 Å². The normalized spacial score (nSPS) is 27.0. The Labute approximate surface area is 136 Å². The Morgan fingerprint density at radius 1 is 1.26 bits per heavy atom. The Kier molecular flexibility index (Phi) is 2.81. The van der Waals surface area contributed by atoms with Crippen molar-refractivity contribution in [1.29, 1.82) is 0 Å². The number of benzene rings is 1. The standard InChI is InChI=1S/C19H22N2O2/c1-18(2)13-10-11-19(18,3)16-14(13)15(17(22)23-4)20-21(16)12-8-6-5-7-9-12/h5-9,13H,10-11H2,1-4H3. The maximum absolute atomic E-state index is 12.3. The van der Waals surface area contributed by atoms with Gasteiger partial charge in [-0.25, -0.2) is 9.48 Å². The molecule has 4 heteroatoms. The fraction of sp³-hybridized carbons (Fsp3) is 0.474. The van der Waals surface area contributed by atoms with Crippen LogP contribution in [0, 0.1) is 5.41 Å². The summed E-state index contributed by atoms with van der Waals surface area (Å²) in [5.74, 6) is 0.0388. The molecule has 4 nitrogen and oxygen atoms in total. The van der Waals surface area contributed by atoms with Crippen molar-refractivity contribution in [1.82, 2.24) is 9.78 Å². The molecule has 0 saturated heterocycles. The molecule has 120 valence electrons. The van der Waals surface area contributed by atoms with Crippen LogP contribution in [0.25, 0.3) is 5.69 Å². The minimum Gasteiger partial charge on any atom is -0.464 e. The molecule has 1 aromatic heterocycles. The van der Waals surface area contributed by atoms with E-state index >= 15 is 0 Å². The molecule has 23 heavy (non-hydrogen) atoms. The number of carbonyl (C=O) groups excluding carboxylic acids is 1. The van der Waals surface area contributed by atoms with E-state index in [1.165, 1.54) is 12.8 Å². The molecule has 2 aliphatic rings. The van der Waals surface area contributed by atoms with Crippen LogP contribution in [0.5, 0.6) is 0 Å². The minimum atomic E-state index is -0.331. The van der Waals surface area contributed by atoms with Gasteiger partial charge in [0.25, 0.3) is 0 Å². The van der Waals surface area contributed by atoms with Gasteiger partial charge in [0.1, 0.15) is 0 Å². The van der Waals surface area contributed by atoms with Crippen molar-refractivity contribution < 1.29 is 9.53 Å². The third-order valence-electron chi connectivity index (χ3n) is 6.40. The van der Waals surface area contributed by atoms with Crippen LogP contribution in [-0.4, -0.2) is 22.9 Å². The van der Waals surface area contributed by atoms with Crippen molar-refractivity contribution >= 4 is 5.97 Å². The third-order valence-corrected chi connectivity index (χ3v) is 6.40. The summed E-state index contributed by atoms with van der Waals surface area (Å²) in [6.07, 6.45) is 2.25. The monoisotopic (exact) mass is 310 g/mol. The number of nitrogens with zero attached hydrogens (tertiary/aromatic N) is 2. The number of hydrogen-bond acceptors (Lipinski definition) is 3. The molecule has 0 aliphatic heterocycles. The van der Waals surface area contributed by atoms with Gasteiger partial charge < -0.3 is 4.74 Å². The number of esters is 1. The molecule has 2 atom stereocenters. The molecule has 1 heterocycles. The van der Waals surface area contributed by atoms with Crippen LogP contribution in [0.2, 0.25) is 0 Å². The SMILES string of the molecule is COC(=O)c1nn(-c2ccccc2)c2c1C1CCC2(C)C1(C)C. The van der Waals surface area contributed by atoms with E-state index in [2.05, 4.69) is 25.9 Å². The number of aromatic nitrogens is 2. The average Bonchev–Trinajstić information content (AvgIpc) is 3.10. The highest BCUT2D eigenvalue weighted by Crippen LogP contribution is 2.68. The number of carbonyl (C=O) groups is 1. The zero-order valence-electron chi connectivity index (χ0n) is 14.1. The lowest BCUT2D eigenvalue weighted by atomic mass is 9.70. The zero-order valence-corrected chi connectivity index (χ0v) is 14.1. The van der Waals surface area contributed by atoms with E-state index in [0.29, 0.717) is 11.6 Å². The Hall–Kier alpha value is -2.10. The fourth-order valence-corrected chi connectivity index (χ4v) is 4.72. The minimum absolute atomic E-state index is 0.0299. The summed E-state index contributed by atoms with van der Waals surface area (Å²) >= 11 is 0. The molecular formula is C19H22N2O2. The van der Waals surface area contributed by atoms with Crippen LogP contribution in [-0.2, 0) is 10.2 Å². The number of fused-ring (bicyclic) bond motifs is 5. The summed E-state index contributed by atoms with van der Waals surface area (Å²) < 4.78 is 6.98. The van der Waals surface area contributed by atoms with Gasteiger partial charge in [0, 0.05) is 11.0 Å². The largest absolute Gasteiger partial charge is 0.464 e. The predicted molar refractivity (Wildman–Crippen MR) is 88.0 cm³/mol. The van der Waals surface area contributed by atoms with Crippen LogP contribution < -0.4 is 0 Å². The fourth-order valence-electron chi connectivity index (χ4n) is 4.72. The van der Waals surface area contributed by atoms with E-state index in [1.807, 2.05) is 35.0 Å². The third kappa shape index (κ3) is 1.61. The second kappa shape index (κ2) is 4.47. The molecule has 0 amide bonds. The molecular weight excluding hydrogens is 288 g/mol. The molecule has 4 rings (SSSR count). The van der Waals surface area contributed by atoms with Gasteiger partial charge in [-0.1, -0.05) is 39.0 Å². The van der Waals surface area contributed by atoms with E-state index in [-0.39, 0.29) is 16.8 Å². The summed E-state index contributed by atoms with van der Waals surface area (Å²) in [5.41, 5.74) is 3.96. The van der Waals surface area contributed by atoms with E-state index < -0.39 is 0 Å². The number of ether oxygens (including phenoxy) is 1. The average molecular weight is 310 g/mol. The van der Waals surface area contributed by atoms with Crippen molar-refractivity contribution in [2.24, 2.45) is 5.41 Å². The summed E-state index contributed by atoms with van der Waals surface area (Å²) in [5, 5.41) is 4.67. The molecule has 2 aromatic rings. The quantitative estimate of drug-likeness (QED) is 0.792. The molecule has 1 fully saturated rings. The topological polar surface area (TPSA) is 44.1 Å². The second-order valence-electron chi connectivity index (χ2n) is 7.49. The van der Waals surface area contributed by atoms with Crippen LogP contribution in [0.15, 0.2) is 30.3 Å². The summed E-state index contributed by atoms with van der Waals surface area (Å²) in [6.45, 7) is 6.96. The molecule has 0 spiro atoms. The van der Waals surface area contributed by atoms with Gasteiger partial charge in [0.05, 0.1) is 18.5 Å². The Morgan fingerprint density at radius 3 is 2.61 bits per heavy atom. The molecule has 0 radical (unpaired) electrons. The molecule has 2 unspecified atom stereocenters. The maximum Gasteiger partial charge on any atom is 0.358 e. The van der Waals surface area contributed by atoms with Gasteiger partial charge in [0.2, 0.25) is 0 Å². The number of methoxy groups -OCH3 is 1. The van der Waals surface area contributed by atoms with E-state index in [4.69, 9.17) is 4.74 Å². The predicted octanol–water partition coefficient (Wildman–Crippen LogP) is 3.83. The lowest BCUT2D eigenvalue weighted by Gasteiger charge is -2.35. The van der Waals surface area contributed by atoms with E-state index in [9.17, 15) is 4.79 Å². The number of rotatable bonds is 2. The number of hydrogen-bond donors (Lipinski definition) is 0. The smallest absolute Gasteiger partial charge is 0.358 e. The van der Waals surface area contributed by atoms with Gasteiger partial charge in [-0.15, -0.1) is 0 Å². The zero-order chi connectivity index (χ0) is 16.4. The van der Waals surface area contributed by atoms with Gasteiger partial charge in [-0.2, -0.15) is 5.10 Å². The van der Waals surface area contributed by atoms with Gasteiger partial charge >= 0.3 is 5.97 Å². The number of para-hydroxylation sites is 1. The Morgan fingerprint density at radius 2 is 1.96 bits per heavy atom. The van der Waals surface area contributed by atoms with E-state index in [0.717, 1.165) is 24.1 Å². The Balaban J connectivity index is 2.03. The van der Waals surface area contributed by atoms with E-state index in [1.54, 1.807) is 0 Å². The summed E-state index contributed by atoms with van der Waals surface area (Å²) in [7, 11) is 1.43. The van der Waals surface area contributed by atoms with Crippen molar-refractivity contribution in [3.8, 4) is 5.69 Å². The van der Waals surface area contributed by atoms with Crippen LogP contribution in [0.4, 0.5) is 0 Å². The van der Waals surface area contributed by atoms with Crippen LogP contribution in [0.3, 0.4) is 0 Å². The van der Waals surface area contributed by atoms with Crippen molar-refractivity contribution in [3.05, 3.63) is 47.3 Å². The molecule has 1 aromatic carbocycles. The van der Waals surface area contributed by atoms with Crippen molar-refractivity contribution in [2.75, 3.05) is 7.11 Å². The lowest BCUT2D eigenvalue weighted by molar-refractivity contribution is 0.0591. The first-order valence-corrected chi connectivity index (χ1v) is 8.19. The molecule has 0 N–H and O–H groups in total.